The highest BCUT2D eigenvalue weighted by atomic mass is 79.9. The third kappa shape index (κ3) is 3.07. The maximum Gasteiger partial charge on any atom is 0.323 e. The normalized spacial score (nSPS) is 12.3. The maximum absolute atomic E-state index is 11.8. The number of esters is 1. The average Bonchev–Trinajstić information content (AvgIpc) is 2.95. The molecule has 24 heavy (non-hydrogen) atoms. The molecule has 2 heterocycles. The summed E-state index contributed by atoms with van der Waals surface area (Å²) in [6.45, 7) is 2.01. The van der Waals surface area contributed by atoms with Crippen LogP contribution >= 0.6 is 15.9 Å². The van der Waals surface area contributed by atoms with E-state index in [9.17, 15) is 4.79 Å². The zero-order valence-electron chi connectivity index (χ0n) is 13.5. The van der Waals surface area contributed by atoms with Crippen LogP contribution in [-0.2, 0) is 16.0 Å². The van der Waals surface area contributed by atoms with Gasteiger partial charge in [-0.05, 0) is 30.7 Å². The first kappa shape index (κ1) is 16.7. The third-order valence-corrected chi connectivity index (χ3v) is 4.51. The van der Waals surface area contributed by atoms with Gasteiger partial charge in [0.2, 0.25) is 0 Å². The molecule has 0 aliphatic heterocycles. The number of nitrogens with two attached hydrogens (primary N) is 1. The number of rotatable bonds is 4. The van der Waals surface area contributed by atoms with Crippen LogP contribution in [-0.4, -0.2) is 28.5 Å². The van der Waals surface area contributed by atoms with E-state index in [4.69, 9.17) is 15.5 Å². The fourth-order valence-corrected chi connectivity index (χ4v) is 2.99. The van der Waals surface area contributed by atoms with Crippen LogP contribution in [0.25, 0.3) is 16.9 Å². The van der Waals surface area contributed by atoms with E-state index in [1.165, 1.54) is 7.11 Å². The molecule has 0 bridgehead atoms. The predicted octanol–water partition coefficient (Wildman–Crippen LogP) is 3.12. The van der Waals surface area contributed by atoms with E-state index >= 15 is 0 Å². The third-order valence-electron chi connectivity index (χ3n) is 3.98. The molecule has 0 aliphatic carbocycles. The van der Waals surface area contributed by atoms with Crippen molar-refractivity contribution in [3.8, 4) is 11.3 Å². The van der Waals surface area contributed by atoms with Crippen molar-refractivity contribution >= 4 is 27.5 Å². The number of ether oxygens (including phenoxy) is 1. The second kappa shape index (κ2) is 6.75. The van der Waals surface area contributed by atoms with Crippen molar-refractivity contribution in [3.63, 3.8) is 0 Å². The highest BCUT2D eigenvalue weighted by molar-refractivity contribution is 9.10. The standard InChI is InChI=1S/C18H18BrN3O2/c1-11-4-3-9-22-15(10-14(20)18(23)24-2)16(21-17(11)22)12-5-7-13(19)8-6-12/h3-9,14H,10,20H2,1-2H3. The Hall–Kier alpha value is -2.18. The van der Waals surface area contributed by atoms with Crippen molar-refractivity contribution in [2.24, 2.45) is 5.73 Å². The number of aromatic nitrogens is 2. The van der Waals surface area contributed by atoms with Crippen LogP contribution in [0.3, 0.4) is 0 Å². The Bertz CT molecular complexity index is 887. The van der Waals surface area contributed by atoms with Gasteiger partial charge in [-0.3, -0.25) is 4.79 Å². The number of benzene rings is 1. The van der Waals surface area contributed by atoms with Gasteiger partial charge in [-0.25, -0.2) is 4.98 Å². The highest BCUT2D eigenvalue weighted by Crippen LogP contribution is 2.28. The highest BCUT2D eigenvalue weighted by Gasteiger charge is 2.21. The molecule has 3 rings (SSSR count). The van der Waals surface area contributed by atoms with Crippen LogP contribution in [0.4, 0.5) is 0 Å². The molecule has 0 spiro atoms. The topological polar surface area (TPSA) is 69.6 Å². The van der Waals surface area contributed by atoms with E-state index in [0.717, 1.165) is 32.6 Å². The Morgan fingerprint density at radius 2 is 2.04 bits per heavy atom. The second-order valence-electron chi connectivity index (χ2n) is 5.63. The van der Waals surface area contributed by atoms with Crippen molar-refractivity contribution in [3.05, 3.63) is 58.3 Å². The zero-order chi connectivity index (χ0) is 17.3. The fraction of sp³-hybridized carbons (Fsp3) is 0.222. The van der Waals surface area contributed by atoms with Gasteiger partial charge in [0.1, 0.15) is 11.7 Å². The molecular weight excluding hydrogens is 370 g/mol. The first-order valence-corrected chi connectivity index (χ1v) is 8.36. The number of carbonyl (C=O) groups is 1. The summed E-state index contributed by atoms with van der Waals surface area (Å²) in [4.78, 5) is 16.5. The molecule has 5 nitrogen and oxygen atoms in total. The van der Waals surface area contributed by atoms with Crippen LogP contribution in [0.5, 0.6) is 0 Å². The fourth-order valence-electron chi connectivity index (χ4n) is 2.73. The molecule has 2 N–H and O–H groups in total. The second-order valence-corrected chi connectivity index (χ2v) is 6.55. The molecule has 0 radical (unpaired) electrons. The molecule has 6 heteroatoms. The van der Waals surface area contributed by atoms with Gasteiger partial charge in [-0.2, -0.15) is 0 Å². The van der Waals surface area contributed by atoms with Gasteiger partial charge in [-0.15, -0.1) is 0 Å². The molecule has 124 valence electrons. The van der Waals surface area contributed by atoms with Gasteiger partial charge in [0, 0.05) is 22.7 Å². The summed E-state index contributed by atoms with van der Waals surface area (Å²) in [7, 11) is 1.34. The van der Waals surface area contributed by atoms with Gasteiger partial charge in [0.05, 0.1) is 18.5 Å². The number of methoxy groups -OCH3 is 1. The number of fused-ring (bicyclic) bond motifs is 1. The summed E-state index contributed by atoms with van der Waals surface area (Å²) < 4.78 is 7.75. The summed E-state index contributed by atoms with van der Waals surface area (Å²) in [6.07, 6.45) is 2.29. The van der Waals surface area contributed by atoms with Crippen molar-refractivity contribution in [2.45, 2.75) is 19.4 Å². The minimum absolute atomic E-state index is 0.350. The van der Waals surface area contributed by atoms with Crippen LogP contribution in [0.1, 0.15) is 11.3 Å². The largest absolute Gasteiger partial charge is 0.468 e. The van der Waals surface area contributed by atoms with Crippen LogP contribution < -0.4 is 5.73 Å². The Morgan fingerprint density at radius 3 is 2.71 bits per heavy atom. The number of hydrogen-bond donors (Lipinski definition) is 1. The Kier molecular flexibility index (Phi) is 4.69. The van der Waals surface area contributed by atoms with E-state index < -0.39 is 12.0 Å². The average molecular weight is 388 g/mol. The first-order chi connectivity index (χ1) is 11.5. The Labute approximate surface area is 148 Å². The molecule has 2 aromatic heterocycles. The molecule has 0 saturated heterocycles. The van der Waals surface area contributed by atoms with E-state index in [2.05, 4.69) is 15.9 Å². The van der Waals surface area contributed by atoms with Gasteiger partial charge in [-0.1, -0.05) is 34.1 Å². The molecule has 1 atom stereocenters. The molecule has 1 aromatic carbocycles. The molecule has 0 saturated carbocycles. The van der Waals surface area contributed by atoms with Crippen molar-refractivity contribution < 1.29 is 9.53 Å². The quantitative estimate of drug-likeness (QED) is 0.698. The Morgan fingerprint density at radius 1 is 1.33 bits per heavy atom. The smallest absolute Gasteiger partial charge is 0.323 e. The van der Waals surface area contributed by atoms with Crippen molar-refractivity contribution in [1.29, 1.82) is 0 Å². The SMILES string of the molecule is COC(=O)C(N)Cc1c(-c2ccc(Br)cc2)nc2c(C)cccn12. The number of aryl methyl sites for hydroxylation is 1. The molecule has 1 unspecified atom stereocenters. The van der Waals surface area contributed by atoms with Gasteiger partial charge in [0.25, 0.3) is 0 Å². The zero-order valence-corrected chi connectivity index (χ0v) is 15.1. The number of pyridine rings is 1. The lowest BCUT2D eigenvalue weighted by atomic mass is 10.1. The van der Waals surface area contributed by atoms with Gasteiger partial charge in [0.15, 0.2) is 0 Å². The lowest BCUT2D eigenvalue weighted by molar-refractivity contribution is -0.142. The number of nitrogens with zero attached hydrogens (tertiary/aromatic N) is 2. The first-order valence-electron chi connectivity index (χ1n) is 7.57. The summed E-state index contributed by atoms with van der Waals surface area (Å²) in [6, 6.07) is 11.2. The maximum atomic E-state index is 11.8. The van der Waals surface area contributed by atoms with Crippen LogP contribution in [0.15, 0.2) is 47.1 Å². The number of carbonyl (C=O) groups excluding carboxylic acids is 1. The summed E-state index contributed by atoms with van der Waals surface area (Å²) in [5, 5.41) is 0. The van der Waals surface area contributed by atoms with Gasteiger partial charge < -0.3 is 14.9 Å². The van der Waals surface area contributed by atoms with Crippen molar-refractivity contribution in [1.82, 2.24) is 9.38 Å². The monoisotopic (exact) mass is 387 g/mol. The van der Waals surface area contributed by atoms with E-state index in [0.29, 0.717) is 6.42 Å². The molecule has 0 aliphatic rings. The molecule has 0 amide bonds. The minimum Gasteiger partial charge on any atom is -0.468 e. The molecule has 3 aromatic rings. The molecule has 0 fully saturated rings. The van der Waals surface area contributed by atoms with Crippen LogP contribution in [0.2, 0.25) is 0 Å². The van der Waals surface area contributed by atoms with Gasteiger partial charge >= 0.3 is 5.97 Å². The number of imidazole rings is 1. The van der Waals surface area contributed by atoms with Crippen LogP contribution in [0, 0.1) is 6.92 Å². The summed E-state index contributed by atoms with van der Waals surface area (Å²) >= 11 is 3.44. The van der Waals surface area contributed by atoms with E-state index in [1.54, 1.807) is 0 Å². The lowest BCUT2D eigenvalue weighted by Crippen LogP contribution is -2.34. The molecular formula is C18H18BrN3O2. The minimum atomic E-state index is -0.732. The van der Waals surface area contributed by atoms with E-state index in [1.807, 2.05) is 53.9 Å². The number of hydrogen-bond acceptors (Lipinski definition) is 4. The predicted molar refractivity (Wildman–Crippen MR) is 96.8 cm³/mol. The summed E-state index contributed by atoms with van der Waals surface area (Å²) in [5.74, 6) is -0.431. The Balaban J connectivity index is 2.16. The van der Waals surface area contributed by atoms with E-state index in [-0.39, 0.29) is 0 Å². The lowest BCUT2D eigenvalue weighted by Gasteiger charge is -2.11. The number of halogens is 1. The van der Waals surface area contributed by atoms with Crippen molar-refractivity contribution in [2.75, 3.05) is 7.11 Å². The summed E-state index contributed by atoms with van der Waals surface area (Å²) in [5.41, 5.74) is 10.6.